The maximum absolute atomic E-state index is 12.2. The molecule has 2 amide bonds. The van der Waals surface area contributed by atoms with Crippen LogP contribution in [0.1, 0.15) is 29.6 Å². The van der Waals surface area contributed by atoms with Crippen LogP contribution in [-0.2, 0) is 0 Å². The van der Waals surface area contributed by atoms with E-state index in [4.69, 9.17) is 5.11 Å². The fourth-order valence-corrected chi connectivity index (χ4v) is 3.13. The molecule has 3 N–H and O–H groups in total. The lowest BCUT2D eigenvalue weighted by Gasteiger charge is -2.27. The van der Waals surface area contributed by atoms with Crippen LogP contribution in [0.5, 0.6) is 5.75 Å². The number of anilines is 1. The molecule has 1 saturated carbocycles. The number of hydrogen-bond donors (Lipinski definition) is 3. The molecule has 1 heterocycles. The van der Waals surface area contributed by atoms with Crippen LogP contribution in [0.4, 0.5) is 10.5 Å². The zero-order chi connectivity index (χ0) is 14.3. The Morgan fingerprint density at radius 3 is 2.65 bits per heavy atom. The van der Waals surface area contributed by atoms with E-state index < -0.39 is 5.97 Å². The number of piperidine rings is 1. The second kappa shape index (κ2) is 4.70. The summed E-state index contributed by atoms with van der Waals surface area (Å²) in [6, 6.07) is 3.98. The second-order valence-corrected chi connectivity index (χ2v) is 5.45. The van der Waals surface area contributed by atoms with E-state index in [1.807, 2.05) is 0 Å². The highest BCUT2D eigenvalue weighted by Crippen LogP contribution is 2.37. The number of carboxylic acids is 1. The van der Waals surface area contributed by atoms with E-state index in [9.17, 15) is 14.7 Å². The molecule has 2 unspecified atom stereocenters. The van der Waals surface area contributed by atoms with Crippen LogP contribution in [0.3, 0.4) is 0 Å². The van der Waals surface area contributed by atoms with E-state index >= 15 is 0 Å². The van der Waals surface area contributed by atoms with Crippen molar-refractivity contribution in [3.05, 3.63) is 23.8 Å². The zero-order valence-corrected chi connectivity index (χ0v) is 10.9. The molecule has 0 aromatic heterocycles. The van der Waals surface area contributed by atoms with Crippen LogP contribution < -0.4 is 5.32 Å². The lowest BCUT2D eigenvalue weighted by atomic mass is 10.1. The third-order valence-electron chi connectivity index (χ3n) is 4.16. The van der Waals surface area contributed by atoms with Gasteiger partial charge in [-0.1, -0.05) is 0 Å². The van der Waals surface area contributed by atoms with Crippen molar-refractivity contribution in [1.29, 1.82) is 0 Å². The van der Waals surface area contributed by atoms with Crippen LogP contribution in [0.25, 0.3) is 0 Å². The number of benzene rings is 1. The Balaban J connectivity index is 1.71. The Morgan fingerprint density at radius 1 is 1.30 bits per heavy atom. The number of fused-ring (bicyclic) bond motifs is 2. The van der Waals surface area contributed by atoms with Crippen molar-refractivity contribution in [2.24, 2.45) is 5.92 Å². The van der Waals surface area contributed by atoms with Gasteiger partial charge in [0, 0.05) is 12.6 Å². The molecule has 1 aromatic carbocycles. The first-order valence-electron chi connectivity index (χ1n) is 6.68. The molecular weight excluding hydrogens is 260 g/mol. The van der Waals surface area contributed by atoms with Crippen molar-refractivity contribution in [1.82, 2.24) is 4.90 Å². The summed E-state index contributed by atoms with van der Waals surface area (Å²) in [6.07, 6.45) is 3.30. The van der Waals surface area contributed by atoms with Gasteiger partial charge in [0.05, 0.1) is 11.3 Å². The number of hydrogen-bond acceptors (Lipinski definition) is 3. The molecule has 1 aliphatic heterocycles. The highest BCUT2D eigenvalue weighted by atomic mass is 16.4. The predicted octanol–water partition coefficient (Wildman–Crippen LogP) is 2.11. The van der Waals surface area contributed by atoms with Crippen molar-refractivity contribution in [2.45, 2.75) is 25.3 Å². The van der Waals surface area contributed by atoms with Crippen LogP contribution in [0.15, 0.2) is 18.2 Å². The molecule has 0 radical (unpaired) electrons. The number of carbonyl (C=O) groups is 2. The van der Waals surface area contributed by atoms with Crippen molar-refractivity contribution < 1.29 is 19.8 Å². The molecule has 2 aliphatic rings. The maximum atomic E-state index is 12.2. The quantitative estimate of drug-likeness (QED) is 0.722. The van der Waals surface area contributed by atoms with E-state index in [1.165, 1.54) is 18.6 Å². The molecule has 6 nitrogen and oxygen atoms in total. The zero-order valence-electron chi connectivity index (χ0n) is 10.9. The first-order valence-corrected chi connectivity index (χ1v) is 6.68. The Labute approximate surface area is 116 Å². The number of carbonyl (C=O) groups excluding carboxylic acids is 1. The lowest BCUT2D eigenvalue weighted by Crippen LogP contribution is -2.40. The van der Waals surface area contributed by atoms with Gasteiger partial charge in [0.15, 0.2) is 0 Å². The lowest BCUT2D eigenvalue weighted by molar-refractivity contribution is 0.0696. The standard InChI is InChI=1S/C14H16N2O4/c17-12-6-9(13(18)19)2-4-11(12)15-14(20)16-7-8-1-3-10(16)5-8/h2,4,6,8,10,17H,1,3,5,7H2,(H,15,20)(H,18,19). The average molecular weight is 276 g/mol. The summed E-state index contributed by atoms with van der Waals surface area (Å²) in [7, 11) is 0. The van der Waals surface area contributed by atoms with Crippen LogP contribution in [0, 0.1) is 5.92 Å². The van der Waals surface area contributed by atoms with Gasteiger partial charge in [-0.25, -0.2) is 9.59 Å². The summed E-state index contributed by atoms with van der Waals surface area (Å²) in [5, 5.41) is 21.2. The largest absolute Gasteiger partial charge is 0.506 e. The Hall–Kier alpha value is -2.24. The highest BCUT2D eigenvalue weighted by Gasteiger charge is 2.40. The first kappa shape index (κ1) is 12.8. The minimum atomic E-state index is -1.12. The Bertz CT molecular complexity index is 572. The van der Waals surface area contributed by atoms with E-state index in [0.29, 0.717) is 12.0 Å². The third kappa shape index (κ3) is 2.17. The molecule has 1 aliphatic carbocycles. The molecule has 1 aromatic rings. The first-order chi connectivity index (χ1) is 9.54. The molecule has 2 atom stereocenters. The third-order valence-corrected chi connectivity index (χ3v) is 4.16. The van der Waals surface area contributed by atoms with Gasteiger partial charge in [-0.05, 0) is 43.4 Å². The number of nitrogens with zero attached hydrogens (tertiary/aromatic N) is 1. The average Bonchev–Trinajstić information content (AvgIpc) is 3.03. The minimum Gasteiger partial charge on any atom is -0.506 e. The number of phenols is 1. The number of amides is 2. The Morgan fingerprint density at radius 2 is 2.10 bits per heavy atom. The molecule has 2 bridgehead atoms. The van der Waals surface area contributed by atoms with Gasteiger partial charge in [-0.15, -0.1) is 0 Å². The van der Waals surface area contributed by atoms with Gasteiger partial charge in [0.25, 0.3) is 0 Å². The summed E-state index contributed by atoms with van der Waals surface area (Å²) in [5.74, 6) is -0.744. The van der Waals surface area contributed by atoms with Crippen LogP contribution in [-0.4, -0.2) is 39.7 Å². The summed E-state index contributed by atoms with van der Waals surface area (Å²) in [6.45, 7) is 0.768. The summed E-state index contributed by atoms with van der Waals surface area (Å²) in [5.41, 5.74) is 0.225. The van der Waals surface area contributed by atoms with Gasteiger partial charge < -0.3 is 20.4 Å². The fourth-order valence-electron chi connectivity index (χ4n) is 3.13. The molecule has 6 heteroatoms. The molecule has 0 spiro atoms. The number of carboxylic acid groups (broad SMARTS) is 1. The van der Waals surface area contributed by atoms with Gasteiger partial charge in [0.2, 0.25) is 0 Å². The van der Waals surface area contributed by atoms with Crippen molar-refractivity contribution in [3.63, 3.8) is 0 Å². The van der Waals surface area contributed by atoms with Crippen LogP contribution >= 0.6 is 0 Å². The van der Waals surface area contributed by atoms with Gasteiger partial charge in [0.1, 0.15) is 5.75 Å². The Kier molecular flexibility index (Phi) is 3.00. The molecule has 3 rings (SSSR count). The number of rotatable bonds is 2. The van der Waals surface area contributed by atoms with Crippen molar-refractivity contribution in [3.8, 4) is 5.75 Å². The summed E-state index contributed by atoms with van der Waals surface area (Å²) < 4.78 is 0. The number of aromatic hydroxyl groups is 1. The number of urea groups is 1. The molecule has 20 heavy (non-hydrogen) atoms. The highest BCUT2D eigenvalue weighted by molar-refractivity contribution is 5.94. The molecular formula is C14H16N2O4. The smallest absolute Gasteiger partial charge is 0.335 e. The van der Waals surface area contributed by atoms with E-state index in [-0.39, 0.29) is 23.0 Å². The normalized spacial score (nSPS) is 23.9. The summed E-state index contributed by atoms with van der Waals surface area (Å²) in [4.78, 5) is 24.7. The topological polar surface area (TPSA) is 89.9 Å². The molecule has 2 fully saturated rings. The molecule has 106 valence electrons. The van der Waals surface area contributed by atoms with Crippen LogP contribution in [0.2, 0.25) is 0 Å². The van der Waals surface area contributed by atoms with Gasteiger partial charge in [-0.2, -0.15) is 0 Å². The van der Waals surface area contributed by atoms with Gasteiger partial charge in [-0.3, -0.25) is 0 Å². The van der Waals surface area contributed by atoms with E-state index in [2.05, 4.69) is 5.32 Å². The van der Waals surface area contributed by atoms with E-state index in [0.717, 1.165) is 25.5 Å². The minimum absolute atomic E-state index is 0.0132. The predicted molar refractivity (Wildman–Crippen MR) is 71.9 cm³/mol. The van der Waals surface area contributed by atoms with E-state index in [1.54, 1.807) is 4.90 Å². The van der Waals surface area contributed by atoms with Crippen molar-refractivity contribution >= 4 is 17.7 Å². The number of nitrogens with one attached hydrogen (secondary N) is 1. The number of phenolic OH excluding ortho intramolecular Hbond substituents is 1. The van der Waals surface area contributed by atoms with Crippen molar-refractivity contribution in [2.75, 3.05) is 11.9 Å². The SMILES string of the molecule is O=C(O)c1ccc(NC(=O)N2CC3CCC2C3)c(O)c1. The fraction of sp³-hybridized carbons (Fsp3) is 0.429. The van der Waals surface area contributed by atoms with Gasteiger partial charge >= 0.3 is 12.0 Å². The maximum Gasteiger partial charge on any atom is 0.335 e. The monoisotopic (exact) mass is 276 g/mol. The molecule has 1 saturated heterocycles. The second-order valence-electron chi connectivity index (χ2n) is 5.45. The number of likely N-dealkylation sites (tertiary alicyclic amines) is 1. The summed E-state index contributed by atoms with van der Waals surface area (Å²) >= 11 is 0. The number of aromatic carboxylic acids is 1.